The van der Waals surface area contributed by atoms with Crippen LogP contribution in [0.5, 0.6) is 17.2 Å². The van der Waals surface area contributed by atoms with Crippen LogP contribution in [0.15, 0.2) is 84.9 Å². The Kier molecular flexibility index (Phi) is 5.44. The van der Waals surface area contributed by atoms with Crippen LogP contribution in [0, 0.1) is 13.8 Å². The normalized spacial score (nSPS) is 10.7. The summed E-state index contributed by atoms with van der Waals surface area (Å²) in [5.41, 5.74) is 7.50. The van der Waals surface area contributed by atoms with Crippen molar-refractivity contribution < 1.29 is 14.9 Å². The van der Waals surface area contributed by atoms with Crippen LogP contribution in [0.25, 0.3) is 22.3 Å². The van der Waals surface area contributed by atoms with E-state index in [0.717, 1.165) is 38.9 Å². The van der Waals surface area contributed by atoms with Gasteiger partial charge in [0.2, 0.25) is 0 Å². The predicted octanol–water partition coefficient (Wildman–Crippen LogP) is 6.63. The Morgan fingerprint density at radius 1 is 0.667 bits per heavy atom. The van der Waals surface area contributed by atoms with Crippen molar-refractivity contribution in [3.8, 4) is 39.5 Å². The molecular weight excluding hydrogens is 372 g/mol. The molecule has 0 radical (unpaired) electrons. The van der Waals surface area contributed by atoms with E-state index in [2.05, 4.69) is 26.0 Å². The van der Waals surface area contributed by atoms with Gasteiger partial charge in [-0.3, -0.25) is 0 Å². The lowest BCUT2D eigenvalue weighted by Crippen LogP contribution is -1.96. The summed E-state index contributed by atoms with van der Waals surface area (Å²) in [6.07, 6.45) is 0. The van der Waals surface area contributed by atoms with E-state index in [1.54, 1.807) is 18.2 Å². The van der Waals surface area contributed by atoms with Gasteiger partial charge in [-0.15, -0.1) is 0 Å². The van der Waals surface area contributed by atoms with Crippen LogP contribution in [0.2, 0.25) is 0 Å². The number of aryl methyl sites for hydroxylation is 2. The first-order valence-corrected chi connectivity index (χ1v) is 9.92. The van der Waals surface area contributed by atoms with Crippen molar-refractivity contribution in [1.82, 2.24) is 0 Å². The molecule has 4 aromatic carbocycles. The fourth-order valence-electron chi connectivity index (χ4n) is 3.62. The molecule has 0 aliphatic rings. The zero-order valence-corrected chi connectivity index (χ0v) is 17.1. The van der Waals surface area contributed by atoms with Gasteiger partial charge in [-0.05, 0) is 77.1 Å². The minimum absolute atomic E-state index is 0.128. The molecule has 0 amide bonds. The summed E-state index contributed by atoms with van der Waals surface area (Å²) in [5.74, 6) is 0.857. The van der Waals surface area contributed by atoms with Gasteiger partial charge in [0.1, 0.15) is 12.4 Å². The lowest BCUT2D eigenvalue weighted by molar-refractivity contribution is 0.289. The van der Waals surface area contributed by atoms with E-state index >= 15 is 0 Å². The summed E-state index contributed by atoms with van der Waals surface area (Å²) in [6, 6.07) is 26.9. The molecule has 3 heteroatoms. The number of phenolic OH excluding ortho intramolecular Hbond substituents is 2. The van der Waals surface area contributed by atoms with Crippen LogP contribution in [0.3, 0.4) is 0 Å². The smallest absolute Gasteiger partial charge is 0.161 e. The van der Waals surface area contributed by atoms with Crippen LogP contribution in [-0.2, 0) is 6.61 Å². The molecule has 0 spiro atoms. The van der Waals surface area contributed by atoms with Crippen LogP contribution in [0.4, 0.5) is 0 Å². The summed E-state index contributed by atoms with van der Waals surface area (Å²) in [5, 5.41) is 20.0. The predicted molar refractivity (Wildman–Crippen MR) is 121 cm³/mol. The van der Waals surface area contributed by atoms with E-state index in [9.17, 15) is 10.2 Å². The minimum atomic E-state index is 0.128. The highest BCUT2D eigenvalue weighted by atomic mass is 16.5. The van der Waals surface area contributed by atoms with Gasteiger partial charge >= 0.3 is 0 Å². The van der Waals surface area contributed by atoms with Crippen LogP contribution >= 0.6 is 0 Å². The number of hydrogen-bond acceptors (Lipinski definition) is 3. The Morgan fingerprint density at radius 3 is 1.90 bits per heavy atom. The van der Waals surface area contributed by atoms with Crippen molar-refractivity contribution in [3.63, 3.8) is 0 Å². The molecule has 0 fully saturated rings. The number of ether oxygens (including phenoxy) is 1. The third-order valence-corrected chi connectivity index (χ3v) is 5.26. The first-order valence-electron chi connectivity index (χ1n) is 9.92. The minimum Gasteiger partial charge on any atom is -0.508 e. The highest BCUT2D eigenvalue weighted by molar-refractivity contribution is 5.77. The summed E-state index contributed by atoms with van der Waals surface area (Å²) >= 11 is 0. The molecule has 4 aromatic rings. The van der Waals surface area contributed by atoms with Crippen molar-refractivity contribution in [2.45, 2.75) is 20.5 Å². The molecule has 30 heavy (non-hydrogen) atoms. The summed E-state index contributed by atoms with van der Waals surface area (Å²) < 4.78 is 5.78. The van der Waals surface area contributed by atoms with E-state index in [1.165, 1.54) is 0 Å². The van der Waals surface area contributed by atoms with E-state index in [0.29, 0.717) is 12.4 Å². The SMILES string of the molecule is Cc1cc(-c2ccc(OCc3ccccc3)c(O)c2)c(C)cc1-c1ccc(O)cc1. The standard InChI is InChI=1S/C27H24O3/c1-18-15-25(19(2)14-24(18)21-8-11-23(28)12-9-21)22-10-13-27(26(29)16-22)30-17-20-6-4-3-5-7-20/h3-16,28-29H,17H2,1-2H3. The molecule has 0 unspecified atom stereocenters. The van der Waals surface area contributed by atoms with E-state index in [4.69, 9.17) is 4.74 Å². The maximum atomic E-state index is 10.5. The van der Waals surface area contributed by atoms with Crippen LogP contribution in [0.1, 0.15) is 16.7 Å². The second-order valence-corrected chi connectivity index (χ2v) is 7.49. The monoisotopic (exact) mass is 396 g/mol. The van der Waals surface area contributed by atoms with Crippen LogP contribution < -0.4 is 4.74 Å². The molecular formula is C27H24O3. The Morgan fingerprint density at radius 2 is 1.27 bits per heavy atom. The first kappa shape index (κ1) is 19.6. The average Bonchev–Trinajstić information content (AvgIpc) is 2.75. The van der Waals surface area contributed by atoms with Crippen molar-refractivity contribution in [3.05, 3.63) is 102 Å². The highest BCUT2D eigenvalue weighted by Gasteiger charge is 2.11. The fraction of sp³-hybridized carbons (Fsp3) is 0.111. The van der Waals surface area contributed by atoms with Gasteiger partial charge in [-0.25, -0.2) is 0 Å². The molecule has 2 N–H and O–H groups in total. The maximum absolute atomic E-state index is 10.5. The summed E-state index contributed by atoms with van der Waals surface area (Å²) in [6.45, 7) is 4.55. The molecule has 4 rings (SSSR count). The number of benzene rings is 4. The number of phenols is 2. The van der Waals surface area contributed by atoms with Crippen molar-refractivity contribution in [2.75, 3.05) is 0 Å². The van der Waals surface area contributed by atoms with Gasteiger partial charge in [0.15, 0.2) is 11.5 Å². The number of hydrogen-bond donors (Lipinski definition) is 2. The maximum Gasteiger partial charge on any atom is 0.161 e. The van der Waals surface area contributed by atoms with Crippen molar-refractivity contribution in [1.29, 1.82) is 0 Å². The zero-order valence-electron chi connectivity index (χ0n) is 17.1. The average molecular weight is 396 g/mol. The molecule has 0 saturated heterocycles. The lowest BCUT2D eigenvalue weighted by atomic mass is 9.92. The van der Waals surface area contributed by atoms with Gasteiger partial charge in [0, 0.05) is 0 Å². The third-order valence-electron chi connectivity index (χ3n) is 5.26. The van der Waals surface area contributed by atoms with Crippen LogP contribution in [-0.4, -0.2) is 10.2 Å². The number of rotatable bonds is 5. The lowest BCUT2D eigenvalue weighted by Gasteiger charge is -2.14. The van der Waals surface area contributed by atoms with Gasteiger partial charge in [0.05, 0.1) is 0 Å². The van der Waals surface area contributed by atoms with E-state index < -0.39 is 0 Å². The zero-order chi connectivity index (χ0) is 21.1. The molecule has 150 valence electrons. The Labute approximate surface area is 176 Å². The molecule has 0 bridgehead atoms. The number of aromatic hydroxyl groups is 2. The molecule has 0 saturated carbocycles. The summed E-state index contributed by atoms with van der Waals surface area (Å²) in [7, 11) is 0. The molecule has 3 nitrogen and oxygen atoms in total. The van der Waals surface area contributed by atoms with E-state index in [1.807, 2.05) is 54.6 Å². The Balaban J connectivity index is 1.60. The van der Waals surface area contributed by atoms with Gasteiger partial charge < -0.3 is 14.9 Å². The second kappa shape index (κ2) is 8.34. The fourth-order valence-corrected chi connectivity index (χ4v) is 3.62. The van der Waals surface area contributed by atoms with Gasteiger partial charge in [0.25, 0.3) is 0 Å². The molecule has 0 aromatic heterocycles. The largest absolute Gasteiger partial charge is 0.508 e. The first-order chi connectivity index (χ1) is 14.5. The molecule has 0 aliphatic heterocycles. The van der Waals surface area contributed by atoms with Gasteiger partial charge in [-0.1, -0.05) is 60.7 Å². The summed E-state index contributed by atoms with van der Waals surface area (Å²) in [4.78, 5) is 0. The van der Waals surface area contributed by atoms with Crippen molar-refractivity contribution in [2.24, 2.45) is 0 Å². The molecule has 0 atom stereocenters. The molecule has 0 heterocycles. The second-order valence-electron chi connectivity index (χ2n) is 7.49. The highest BCUT2D eigenvalue weighted by Crippen LogP contribution is 2.36. The topological polar surface area (TPSA) is 49.7 Å². The quantitative estimate of drug-likeness (QED) is 0.398. The van der Waals surface area contributed by atoms with Crippen molar-refractivity contribution >= 4 is 0 Å². The Bertz CT molecular complexity index is 1160. The molecule has 0 aliphatic carbocycles. The third kappa shape index (κ3) is 4.15. The Hall–Kier alpha value is -3.72. The van der Waals surface area contributed by atoms with E-state index in [-0.39, 0.29) is 11.5 Å². The van der Waals surface area contributed by atoms with Gasteiger partial charge in [-0.2, -0.15) is 0 Å².